The van der Waals surface area contributed by atoms with E-state index in [9.17, 15) is 10.2 Å². The van der Waals surface area contributed by atoms with Gasteiger partial charge in [-0.15, -0.1) is 0 Å². The molecule has 0 saturated carbocycles. The van der Waals surface area contributed by atoms with Crippen molar-refractivity contribution in [2.45, 2.75) is 237 Å². The summed E-state index contributed by atoms with van der Waals surface area (Å²) < 4.78 is 35.2. The lowest BCUT2D eigenvalue weighted by atomic mass is 9.71. The third-order valence-corrected chi connectivity index (χ3v) is 20.3. The minimum Gasteiger partial charge on any atom is -0.505 e. The highest BCUT2D eigenvalue weighted by molar-refractivity contribution is 6.11. The molecule has 11 rings (SSSR count). The number of aryl methyl sites for hydroxylation is 2. The first-order chi connectivity index (χ1) is 43.9. The van der Waals surface area contributed by atoms with Gasteiger partial charge >= 0.3 is 0 Å². The molecule has 8 aromatic carbocycles. The fourth-order valence-electron chi connectivity index (χ4n) is 15.9. The zero-order valence-corrected chi connectivity index (χ0v) is 62.1. The van der Waals surface area contributed by atoms with Gasteiger partial charge in [0.1, 0.15) is 28.8 Å². The minimum atomic E-state index is -0.407. The lowest BCUT2D eigenvalue weighted by molar-refractivity contribution is 0.246. The van der Waals surface area contributed by atoms with E-state index >= 15 is 4.39 Å². The highest BCUT2D eigenvalue weighted by Gasteiger charge is 2.35. The van der Waals surface area contributed by atoms with Crippen LogP contribution in [0.4, 0.5) is 4.39 Å². The number of phenolic OH excluding ortho intramolecular Hbond substituents is 2. The monoisotopic (exact) mass is 1280 g/mol. The Morgan fingerprint density at radius 1 is 0.379 bits per heavy atom. The molecular formula is C88H109FN2O4. The third-order valence-electron chi connectivity index (χ3n) is 20.3. The SMILES string of the molecule is Cc1cc(-c2cc(C(C)(C)CC(C)(C)C)cc(-n3c4cc(C(C)(C)C)ccc4c4ccc(C(C)(C)C)cc43)c2O)c(OCCCOc2c(C)cc(F)cc2-c2cc(C(C)(C)CC(C)(C)C)cc(-n3c4cc(C(C)(C)C)ccc4c4ccc(C(C)(C)C)cc43)c2O)c2c1CCC2. The summed E-state index contributed by atoms with van der Waals surface area (Å²) in [5.74, 6) is 1.19. The van der Waals surface area contributed by atoms with Crippen molar-refractivity contribution in [3.8, 4) is 56.6 Å². The Labute approximate surface area is 568 Å². The Kier molecular flexibility index (Phi) is 17.4. The lowest BCUT2D eigenvalue weighted by Crippen LogP contribution is -2.25. The summed E-state index contributed by atoms with van der Waals surface area (Å²) in [6, 6.07) is 41.4. The zero-order chi connectivity index (χ0) is 69.4. The zero-order valence-electron chi connectivity index (χ0n) is 62.1. The molecule has 0 saturated heterocycles. The summed E-state index contributed by atoms with van der Waals surface area (Å²) in [6.45, 7) is 54.7. The summed E-state index contributed by atoms with van der Waals surface area (Å²) in [6.07, 6.45) is 5.14. The molecule has 0 aliphatic heterocycles. The van der Waals surface area contributed by atoms with Crippen molar-refractivity contribution < 1.29 is 24.1 Å². The van der Waals surface area contributed by atoms with Crippen LogP contribution in [0.5, 0.6) is 23.0 Å². The Balaban J connectivity index is 1.02. The molecule has 2 N–H and O–H groups in total. The van der Waals surface area contributed by atoms with Crippen molar-refractivity contribution in [3.05, 3.63) is 177 Å². The van der Waals surface area contributed by atoms with E-state index in [-0.39, 0.29) is 61.4 Å². The van der Waals surface area contributed by atoms with Crippen molar-refractivity contribution >= 4 is 43.6 Å². The van der Waals surface area contributed by atoms with Gasteiger partial charge in [0.15, 0.2) is 0 Å². The molecule has 0 unspecified atom stereocenters. The number of aromatic hydroxyl groups is 2. The van der Waals surface area contributed by atoms with Crippen LogP contribution in [0.2, 0.25) is 0 Å². The molecule has 95 heavy (non-hydrogen) atoms. The molecule has 1 aliphatic rings. The van der Waals surface area contributed by atoms with Crippen LogP contribution in [0.1, 0.15) is 234 Å². The number of hydrogen-bond donors (Lipinski definition) is 2. The van der Waals surface area contributed by atoms with Gasteiger partial charge in [-0.2, -0.15) is 0 Å². The molecule has 0 spiro atoms. The van der Waals surface area contributed by atoms with Crippen LogP contribution < -0.4 is 9.47 Å². The predicted molar refractivity (Wildman–Crippen MR) is 402 cm³/mol. The van der Waals surface area contributed by atoms with Crippen molar-refractivity contribution in [3.63, 3.8) is 0 Å². The molecule has 6 nitrogen and oxygen atoms in total. The Morgan fingerprint density at radius 3 is 1.08 bits per heavy atom. The second-order valence-corrected chi connectivity index (χ2v) is 36.2. The number of benzene rings is 8. The molecule has 2 heterocycles. The molecule has 0 fully saturated rings. The highest BCUT2D eigenvalue weighted by atomic mass is 19.1. The van der Waals surface area contributed by atoms with Gasteiger partial charge in [-0.25, -0.2) is 4.39 Å². The molecular weight excluding hydrogens is 1170 g/mol. The Bertz CT molecular complexity index is 4510. The third kappa shape index (κ3) is 13.4. The van der Waals surface area contributed by atoms with E-state index in [1.165, 1.54) is 51.1 Å². The minimum absolute atomic E-state index is 0.0167. The smallest absolute Gasteiger partial charge is 0.147 e. The Morgan fingerprint density at radius 2 is 0.726 bits per heavy atom. The maximum atomic E-state index is 16.4. The van der Waals surface area contributed by atoms with Gasteiger partial charge in [-0.1, -0.05) is 201 Å². The molecule has 0 atom stereocenters. The fourth-order valence-corrected chi connectivity index (χ4v) is 15.9. The van der Waals surface area contributed by atoms with Crippen LogP contribution in [-0.2, 0) is 45.3 Å². The van der Waals surface area contributed by atoms with Crippen molar-refractivity contribution in [1.82, 2.24) is 9.13 Å². The molecule has 0 amide bonds. The number of fused-ring (bicyclic) bond motifs is 7. The van der Waals surface area contributed by atoms with E-state index in [2.05, 4.69) is 272 Å². The van der Waals surface area contributed by atoms with Gasteiger partial charge in [0.25, 0.3) is 0 Å². The summed E-state index contributed by atoms with van der Waals surface area (Å²) in [5, 5.41) is 31.3. The quantitative estimate of drug-likeness (QED) is 0.106. The van der Waals surface area contributed by atoms with Crippen LogP contribution in [0.3, 0.4) is 0 Å². The molecule has 0 radical (unpaired) electrons. The molecule has 1 aliphatic carbocycles. The number of rotatable bonds is 14. The fraction of sp³-hybridized carbons (Fsp3) is 0.455. The van der Waals surface area contributed by atoms with E-state index < -0.39 is 5.82 Å². The predicted octanol–water partition coefficient (Wildman–Crippen LogP) is 24.3. The number of hydrogen-bond acceptors (Lipinski definition) is 4. The molecule has 0 bridgehead atoms. The first-order valence-corrected chi connectivity index (χ1v) is 35.1. The maximum Gasteiger partial charge on any atom is 0.147 e. The topological polar surface area (TPSA) is 68.8 Å². The summed E-state index contributed by atoms with van der Waals surface area (Å²) in [4.78, 5) is 0. The van der Waals surface area contributed by atoms with Gasteiger partial charge in [0.05, 0.1) is 46.7 Å². The van der Waals surface area contributed by atoms with Crippen molar-refractivity contribution in [2.24, 2.45) is 10.8 Å². The highest BCUT2D eigenvalue weighted by Crippen LogP contribution is 2.52. The van der Waals surface area contributed by atoms with Crippen LogP contribution in [0.15, 0.2) is 115 Å². The standard InChI is InChI=1S/C88H109FN2O4/c1-52-40-69(67-41-58(87(21,22)50-81(3,4)5)47-75(77(67)92)90-71-43-54(83(9,10)11)29-33-62(71)63-34-30-55(44-72(63)90)84(12,13)14)80(66-28-25-27-61(52)66)95-38-26-37-94-79-53(2)39-60(89)49-70(79)68-42-59(88(23,24)51-82(6,7)8)48-76(78(68)93)91-73-45-56(85(15,16)17)31-35-64(73)65-36-32-57(46-74(65)91)86(18,19)20/h29-36,39-49,92-93H,25-28,37-38,50-51H2,1-24H3. The summed E-state index contributed by atoms with van der Waals surface area (Å²) in [5.41, 5.74) is 18.4. The number of phenols is 2. The molecule has 2 aromatic heterocycles. The average Bonchev–Trinajstić information content (AvgIpc) is 1.62. The van der Waals surface area contributed by atoms with E-state index in [4.69, 9.17) is 9.47 Å². The average molecular weight is 1280 g/mol. The van der Waals surface area contributed by atoms with Gasteiger partial charge in [0, 0.05) is 50.2 Å². The van der Waals surface area contributed by atoms with Crippen LogP contribution in [0, 0.1) is 30.5 Å². The molecule has 10 aromatic rings. The molecule has 502 valence electrons. The van der Waals surface area contributed by atoms with Gasteiger partial charge in [0.2, 0.25) is 0 Å². The first kappa shape index (κ1) is 68.9. The second kappa shape index (κ2) is 23.9. The largest absolute Gasteiger partial charge is 0.505 e. The van der Waals surface area contributed by atoms with Gasteiger partial charge in [-0.3, -0.25) is 0 Å². The Hall–Kier alpha value is -7.51. The van der Waals surface area contributed by atoms with Gasteiger partial charge in [-0.05, 0) is 212 Å². The summed E-state index contributed by atoms with van der Waals surface area (Å²) in [7, 11) is 0. The van der Waals surface area contributed by atoms with E-state index in [1.54, 1.807) is 0 Å². The van der Waals surface area contributed by atoms with E-state index in [0.717, 1.165) is 109 Å². The van der Waals surface area contributed by atoms with Crippen LogP contribution in [0.25, 0.3) is 77.2 Å². The number of halogens is 1. The second-order valence-electron chi connectivity index (χ2n) is 36.2. The van der Waals surface area contributed by atoms with Crippen LogP contribution in [-0.4, -0.2) is 32.6 Å². The first-order valence-electron chi connectivity index (χ1n) is 35.1. The van der Waals surface area contributed by atoms with Gasteiger partial charge < -0.3 is 28.8 Å². The lowest BCUT2D eigenvalue weighted by Gasteiger charge is -2.34. The van der Waals surface area contributed by atoms with Crippen molar-refractivity contribution in [1.29, 1.82) is 0 Å². The van der Waals surface area contributed by atoms with E-state index in [0.29, 0.717) is 41.2 Å². The van der Waals surface area contributed by atoms with Crippen molar-refractivity contribution in [2.75, 3.05) is 13.2 Å². The number of nitrogens with zero attached hydrogens (tertiary/aromatic N) is 2. The normalized spacial score (nSPS) is 13.9. The maximum absolute atomic E-state index is 16.4. The summed E-state index contributed by atoms with van der Waals surface area (Å²) >= 11 is 0. The molecule has 7 heteroatoms. The van der Waals surface area contributed by atoms with Crippen LogP contribution >= 0.6 is 0 Å². The number of aromatic nitrogens is 2. The number of ether oxygens (including phenoxy) is 2. The van der Waals surface area contributed by atoms with E-state index in [1.807, 2.05) is 6.92 Å².